The molecule has 1 amide bonds. The molecule has 2 heterocycles. The Morgan fingerprint density at radius 3 is 2.81 bits per heavy atom. The van der Waals surface area contributed by atoms with E-state index in [0.29, 0.717) is 18.8 Å². The highest BCUT2D eigenvalue weighted by Gasteiger charge is 2.35. The van der Waals surface area contributed by atoms with Crippen molar-refractivity contribution in [1.82, 2.24) is 14.7 Å². The molecule has 1 N–H and O–H groups in total. The van der Waals surface area contributed by atoms with E-state index in [0.717, 1.165) is 0 Å². The molecule has 0 saturated carbocycles. The lowest BCUT2D eigenvalue weighted by atomic mass is 10.2. The van der Waals surface area contributed by atoms with Gasteiger partial charge < -0.3 is 10.2 Å². The van der Waals surface area contributed by atoms with Crippen LogP contribution in [-0.2, 0) is 21.7 Å². The number of nitrogens with zero attached hydrogens (tertiary/aromatic N) is 3. The lowest BCUT2D eigenvalue weighted by Crippen LogP contribution is -2.47. The molecule has 0 bridgehead atoms. The summed E-state index contributed by atoms with van der Waals surface area (Å²) in [6.07, 6.45) is 2.32. The monoisotopic (exact) mass is 314 g/mol. The second-order valence-corrected chi connectivity index (χ2v) is 7.65. The molecule has 21 heavy (non-hydrogen) atoms. The van der Waals surface area contributed by atoms with Crippen molar-refractivity contribution in [3.05, 3.63) is 12.3 Å². The standard InChI is InChI=1S/C13H22N4O3S/c1-4-17(11-6-8-21(19,20)9-11)13(18)10(2)14-12-5-7-16(3)15-12/h5,7,10-11H,4,6,8-9H2,1-3H3,(H,14,15). The zero-order valence-electron chi connectivity index (χ0n) is 12.6. The number of hydrogen-bond donors (Lipinski definition) is 1. The van der Waals surface area contributed by atoms with Crippen LogP contribution in [0.3, 0.4) is 0 Å². The number of aromatic nitrogens is 2. The Morgan fingerprint density at radius 2 is 2.33 bits per heavy atom. The van der Waals surface area contributed by atoms with Gasteiger partial charge in [0.25, 0.3) is 0 Å². The molecule has 0 radical (unpaired) electrons. The quantitative estimate of drug-likeness (QED) is 0.842. The maximum Gasteiger partial charge on any atom is 0.245 e. The second-order valence-electron chi connectivity index (χ2n) is 5.42. The van der Waals surface area contributed by atoms with E-state index in [2.05, 4.69) is 10.4 Å². The summed E-state index contributed by atoms with van der Waals surface area (Å²) in [4.78, 5) is 14.2. The average molecular weight is 314 g/mol. The number of sulfone groups is 1. The van der Waals surface area contributed by atoms with Crippen LogP contribution in [0.4, 0.5) is 5.82 Å². The number of nitrogens with one attached hydrogen (secondary N) is 1. The van der Waals surface area contributed by atoms with Crippen molar-refractivity contribution in [2.75, 3.05) is 23.4 Å². The molecule has 2 rings (SSSR count). The van der Waals surface area contributed by atoms with Crippen molar-refractivity contribution in [1.29, 1.82) is 0 Å². The number of carbonyl (C=O) groups excluding carboxylic acids is 1. The second kappa shape index (κ2) is 6.05. The van der Waals surface area contributed by atoms with E-state index in [1.165, 1.54) is 0 Å². The lowest BCUT2D eigenvalue weighted by molar-refractivity contribution is -0.133. The third kappa shape index (κ3) is 3.75. The minimum atomic E-state index is -3.00. The minimum absolute atomic E-state index is 0.0723. The topological polar surface area (TPSA) is 84.3 Å². The van der Waals surface area contributed by atoms with E-state index in [1.54, 1.807) is 35.8 Å². The molecule has 0 spiro atoms. The molecule has 8 heteroatoms. The Bertz CT molecular complexity index is 611. The average Bonchev–Trinajstić information content (AvgIpc) is 2.96. The molecule has 1 aromatic rings. The van der Waals surface area contributed by atoms with Gasteiger partial charge in [-0.2, -0.15) is 5.10 Å². The molecule has 0 aromatic carbocycles. The molecule has 2 unspecified atom stereocenters. The summed E-state index contributed by atoms with van der Waals surface area (Å²) in [6.45, 7) is 4.15. The molecular formula is C13H22N4O3S. The van der Waals surface area contributed by atoms with Crippen LogP contribution in [0.1, 0.15) is 20.3 Å². The zero-order chi connectivity index (χ0) is 15.6. The summed E-state index contributed by atoms with van der Waals surface area (Å²) in [7, 11) is -1.19. The SMILES string of the molecule is CCN(C(=O)C(C)Nc1ccn(C)n1)C1CCS(=O)(=O)C1. The van der Waals surface area contributed by atoms with Gasteiger partial charge in [-0.25, -0.2) is 8.42 Å². The summed E-state index contributed by atoms with van der Waals surface area (Å²) >= 11 is 0. The summed E-state index contributed by atoms with van der Waals surface area (Å²) in [5.41, 5.74) is 0. The van der Waals surface area contributed by atoms with Crippen LogP contribution in [0.2, 0.25) is 0 Å². The first-order chi connectivity index (χ1) is 9.82. The van der Waals surface area contributed by atoms with Gasteiger partial charge >= 0.3 is 0 Å². The van der Waals surface area contributed by atoms with Gasteiger partial charge in [0.05, 0.1) is 11.5 Å². The number of rotatable bonds is 5. The van der Waals surface area contributed by atoms with Crippen LogP contribution in [-0.4, -0.2) is 59.1 Å². The summed E-state index contributed by atoms with van der Waals surface area (Å²) in [5, 5.41) is 7.23. The maximum absolute atomic E-state index is 12.5. The van der Waals surface area contributed by atoms with Crippen LogP contribution >= 0.6 is 0 Å². The maximum atomic E-state index is 12.5. The van der Waals surface area contributed by atoms with E-state index in [4.69, 9.17) is 0 Å². The van der Waals surface area contributed by atoms with Crippen LogP contribution in [0, 0.1) is 0 Å². The molecule has 0 aliphatic carbocycles. The van der Waals surface area contributed by atoms with Crippen molar-refractivity contribution in [3.63, 3.8) is 0 Å². The number of amides is 1. The minimum Gasteiger partial charge on any atom is -0.357 e. The van der Waals surface area contributed by atoms with Crippen molar-refractivity contribution < 1.29 is 13.2 Å². The fourth-order valence-corrected chi connectivity index (χ4v) is 4.37. The predicted octanol–water partition coefficient (Wildman–Crippen LogP) is 0.256. The highest BCUT2D eigenvalue weighted by molar-refractivity contribution is 7.91. The molecule has 118 valence electrons. The fraction of sp³-hybridized carbons (Fsp3) is 0.692. The van der Waals surface area contributed by atoms with Crippen molar-refractivity contribution in [2.24, 2.45) is 7.05 Å². The third-order valence-electron chi connectivity index (χ3n) is 3.72. The Kier molecular flexibility index (Phi) is 4.55. The lowest BCUT2D eigenvalue weighted by Gasteiger charge is -2.29. The molecule has 1 aliphatic heterocycles. The number of carbonyl (C=O) groups is 1. The summed E-state index contributed by atoms with van der Waals surface area (Å²) in [5.74, 6) is 0.783. The van der Waals surface area contributed by atoms with E-state index in [1.807, 2.05) is 6.92 Å². The molecule has 1 saturated heterocycles. The van der Waals surface area contributed by atoms with Gasteiger partial charge in [-0.3, -0.25) is 9.48 Å². The first kappa shape index (κ1) is 15.8. The molecule has 1 aliphatic rings. The van der Waals surface area contributed by atoms with E-state index < -0.39 is 15.9 Å². The Labute approximate surface area is 125 Å². The zero-order valence-corrected chi connectivity index (χ0v) is 13.4. The fourth-order valence-electron chi connectivity index (χ4n) is 2.64. The first-order valence-electron chi connectivity index (χ1n) is 7.09. The molecule has 2 atom stereocenters. The van der Waals surface area contributed by atoms with Crippen molar-refractivity contribution in [2.45, 2.75) is 32.4 Å². The first-order valence-corrected chi connectivity index (χ1v) is 8.91. The molecule has 1 aromatic heterocycles. The van der Waals surface area contributed by atoms with Gasteiger partial charge in [-0.05, 0) is 20.3 Å². The smallest absolute Gasteiger partial charge is 0.245 e. The van der Waals surface area contributed by atoms with Crippen LogP contribution < -0.4 is 5.32 Å². The highest BCUT2D eigenvalue weighted by Crippen LogP contribution is 2.19. The van der Waals surface area contributed by atoms with Crippen LogP contribution in [0.25, 0.3) is 0 Å². The van der Waals surface area contributed by atoms with Crippen molar-refractivity contribution >= 4 is 21.6 Å². The van der Waals surface area contributed by atoms with Crippen LogP contribution in [0.15, 0.2) is 12.3 Å². The Balaban J connectivity index is 2.02. The van der Waals surface area contributed by atoms with Gasteiger partial charge in [-0.1, -0.05) is 0 Å². The number of likely N-dealkylation sites (N-methyl/N-ethyl adjacent to an activating group) is 1. The largest absolute Gasteiger partial charge is 0.357 e. The van der Waals surface area contributed by atoms with Gasteiger partial charge in [0.2, 0.25) is 5.91 Å². The number of aryl methyl sites for hydroxylation is 1. The molecular weight excluding hydrogens is 292 g/mol. The van der Waals surface area contributed by atoms with Gasteiger partial charge in [0.1, 0.15) is 11.9 Å². The van der Waals surface area contributed by atoms with E-state index in [-0.39, 0.29) is 23.5 Å². The number of hydrogen-bond acceptors (Lipinski definition) is 5. The summed E-state index contributed by atoms with van der Waals surface area (Å²) in [6, 6.07) is 1.14. The normalized spacial score (nSPS) is 22.0. The van der Waals surface area contributed by atoms with Gasteiger partial charge in [-0.15, -0.1) is 0 Å². The van der Waals surface area contributed by atoms with Gasteiger partial charge in [0, 0.05) is 31.9 Å². The highest BCUT2D eigenvalue weighted by atomic mass is 32.2. The number of anilines is 1. The van der Waals surface area contributed by atoms with Crippen molar-refractivity contribution in [3.8, 4) is 0 Å². The summed E-state index contributed by atoms with van der Waals surface area (Å²) < 4.78 is 24.8. The van der Waals surface area contributed by atoms with Crippen LogP contribution in [0.5, 0.6) is 0 Å². The Morgan fingerprint density at radius 1 is 1.62 bits per heavy atom. The van der Waals surface area contributed by atoms with Gasteiger partial charge in [0.15, 0.2) is 9.84 Å². The van der Waals surface area contributed by atoms with E-state index in [9.17, 15) is 13.2 Å². The Hall–Kier alpha value is -1.57. The predicted molar refractivity (Wildman–Crippen MR) is 80.7 cm³/mol. The third-order valence-corrected chi connectivity index (χ3v) is 5.47. The van der Waals surface area contributed by atoms with E-state index >= 15 is 0 Å². The molecule has 1 fully saturated rings. The molecule has 7 nitrogen and oxygen atoms in total.